The number of rotatable bonds is 6. The molecule has 1 amide bonds. The zero-order chi connectivity index (χ0) is 20.3. The average Bonchev–Trinajstić information content (AvgIpc) is 3.22. The zero-order valence-corrected chi connectivity index (χ0v) is 17.1. The van der Waals surface area contributed by atoms with Gasteiger partial charge in [0.05, 0.1) is 33.5 Å². The van der Waals surface area contributed by atoms with E-state index in [9.17, 15) is 4.79 Å². The second-order valence-electron chi connectivity index (χ2n) is 6.34. The molecule has 1 saturated heterocycles. The fourth-order valence-electron chi connectivity index (χ4n) is 3.34. The Balaban J connectivity index is 1.80. The van der Waals surface area contributed by atoms with Crippen molar-refractivity contribution in [2.45, 2.75) is 6.42 Å². The molecular formula is C21H23ClNO5. The summed E-state index contributed by atoms with van der Waals surface area (Å²) in [4.78, 5) is 14.8. The van der Waals surface area contributed by atoms with Gasteiger partial charge in [0.1, 0.15) is 5.75 Å². The van der Waals surface area contributed by atoms with Gasteiger partial charge in [-0.15, -0.1) is 0 Å². The average molecular weight is 405 g/mol. The largest absolute Gasteiger partial charge is 0.495 e. The third kappa shape index (κ3) is 3.83. The SMILES string of the molecule is COc1ccc([C]2CCN(C(=O)c3cc(OC)c(OC)c(OC)c3)C2)cc1Cl. The van der Waals surface area contributed by atoms with Gasteiger partial charge in [0.15, 0.2) is 11.5 Å². The molecule has 0 N–H and O–H groups in total. The van der Waals surface area contributed by atoms with Gasteiger partial charge < -0.3 is 23.8 Å². The summed E-state index contributed by atoms with van der Waals surface area (Å²) in [5, 5.41) is 0.557. The van der Waals surface area contributed by atoms with E-state index in [1.54, 1.807) is 24.1 Å². The Morgan fingerprint density at radius 3 is 2.11 bits per heavy atom. The Kier molecular flexibility index (Phi) is 6.19. The summed E-state index contributed by atoms with van der Waals surface area (Å²) in [7, 11) is 6.17. The van der Waals surface area contributed by atoms with Crippen molar-refractivity contribution in [2.24, 2.45) is 0 Å². The number of carbonyl (C=O) groups excluding carboxylic acids is 1. The van der Waals surface area contributed by atoms with E-state index < -0.39 is 0 Å². The lowest BCUT2D eigenvalue weighted by molar-refractivity contribution is 0.0794. The van der Waals surface area contributed by atoms with Crippen molar-refractivity contribution >= 4 is 17.5 Å². The highest BCUT2D eigenvalue weighted by Crippen LogP contribution is 2.39. The molecule has 1 aliphatic heterocycles. The van der Waals surface area contributed by atoms with Crippen molar-refractivity contribution in [2.75, 3.05) is 41.5 Å². The molecule has 1 fully saturated rings. The van der Waals surface area contributed by atoms with Crippen LogP contribution in [0.3, 0.4) is 0 Å². The molecule has 149 valence electrons. The number of hydrogen-bond acceptors (Lipinski definition) is 5. The molecular weight excluding hydrogens is 382 g/mol. The zero-order valence-electron chi connectivity index (χ0n) is 16.4. The predicted octanol–water partition coefficient (Wildman–Crippen LogP) is 3.84. The lowest BCUT2D eigenvalue weighted by Gasteiger charge is -2.19. The fourth-order valence-corrected chi connectivity index (χ4v) is 3.60. The molecule has 0 aliphatic carbocycles. The van der Waals surface area contributed by atoms with Crippen molar-refractivity contribution in [1.29, 1.82) is 0 Å². The van der Waals surface area contributed by atoms with Crippen LogP contribution in [0, 0.1) is 5.92 Å². The van der Waals surface area contributed by atoms with E-state index in [-0.39, 0.29) is 5.91 Å². The highest BCUT2D eigenvalue weighted by molar-refractivity contribution is 6.32. The maximum Gasteiger partial charge on any atom is 0.254 e. The maximum absolute atomic E-state index is 13.0. The van der Waals surface area contributed by atoms with E-state index in [0.29, 0.717) is 46.7 Å². The molecule has 1 aliphatic rings. The molecule has 28 heavy (non-hydrogen) atoms. The van der Waals surface area contributed by atoms with Gasteiger partial charge in [-0.25, -0.2) is 0 Å². The van der Waals surface area contributed by atoms with Crippen molar-refractivity contribution in [1.82, 2.24) is 4.90 Å². The van der Waals surface area contributed by atoms with Crippen LogP contribution in [0.4, 0.5) is 0 Å². The van der Waals surface area contributed by atoms with E-state index in [0.717, 1.165) is 17.9 Å². The number of ether oxygens (including phenoxy) is 4. The molecule has 0 saturated carbocycles. The monoisotopic (exact) mass is 404 g/mol. The van der Waals surface area contributed by atoms with Crippen molar-refractivity contribution in [3.05, 3.63) is 52.4 Å². The first-order valence-corrected chi connectivity index (χ1v) is 9.18. The number of nitrogens with zero attached hydrogens (tertiary/aromatic N) is 1. The highest BCUT2D eigenvalue weighted by Gasteiger charge is 2.30. The van der Waals surface area contributed by atoms with E-state index in [1.807, 2.05) is 18.2 Å². The summed E-state index contributed by atoms with van der Waals surface area (Å²) in [5.41, 5.74) is 1.51. The molecule has 1 radical (unpaired) electrons. The van der Waals surface area contributed by atoms with Gasteiger partial charge >= 0.3 is 0 Å². The predicted molar refractivity (Wildman–Crippen MR) is 107 cm³/mol. The minimum atomic E-state index is -0.0890. The summed E-state index contributed by atoms with van der Waals surface area (Å²) in [6.07, 6.45) is 0.790. The van der Waals surface area contributed by atoms with Gasteiger partial charge in [-0.3, -0.25) is 4.79 Å². The summed E-state index contributed by atoms with van der Waals surface area (Å²) in [5.74, 6) is 3.07. The maximum atomic E-state index is 13.0. The summed E-state index contributed by atoms with van der Waals surface area (Å²) in [6.45, 7) is 1.17. The molecule has 7 heteroatoms. The Morgan fingerprint density at radius 2 is 1.57 bits per heavy atom. The first-order chi connectivity index (χ1) is 13.5. The van der Waals surface area contributed by atoms with E-state index in [1.165, 1.54) is 21.3 Å². The van der Waals surface area contributed by atoms with Gasteiger partial charge in [-0.05, 0) is 36.2 Å². The van der Waals surface area contributed by atoms with Gasteiger partial charge in [-0.1, -0.05) is 17.7 Å². The lowest BCUT2D eigenvalue weighted by atomic mass is 9.98. The molecule has 0 aromatic heterocycles. The smallest absolute Gasteiger partial charge is 0.254 e. The van der Waals surface area contributed by atoms with Crippen LogP contribution in [0.2, 0.25) is 5.02 Å². The third-order valence-corrected chi connectivity index (χ3v) is 5.12. The van der Waals surface area contributed by atoms with E-state index in [4.69, 9.17) is 30.5 Å². The first kappa shape index (κ1) is 20.1. The third-order valence-electron chi connectivity index (χ3n) is 4.82. The molecule has 1 heterocycles. The molecule has 2 aromatic rings. The van der Waals surface area contributed by atoms with Gasteiger partial charge in [0.25, 0.3) is 5.91 Å². The normalized spacial score (nSPS) is 14.1. The molecule has 0 unspecified atom stereocenters. The number of amides is 1. The quantitative estimate of drug-likeness (QED) is 0.732. The molecule has 6 nitrogen and oxygen atoms in total. The summed E-state index contributed by atoms with van der Waals surface area (Å²) < 4.78 is 21.2. The van der Waals surface area contributed by atoms with Gasteiger partial charge in [0, 0.05) is 24.6 Å². The number of halogens is 1. The Bertz CT molecular complexity index is 845. The minimum Gasteiger partial charge on any atom is -0.495 e. The van der Waals surface area contributed by atoms with Crippen LogP contribution in [0.25, 0.3) is 0 Å². The molecule has 0 spiro atoms. The van der Waals surface area contributed by atoms with Gasteiger partial charge in [0.2, 0.25) is 5.75 Å². The number of carbonyl (C=O) groups is 1. The number of methoxy groups -OCH3 is 4. The topological polar surface area (TPSA) is 57.2 Å². The van der Waals surface area contributed by atoms with Crippen LogP contribution >= 0.6 is 11.6 Å². The summed E-state index contributed by atoms with van der Waals surface area (Å²) >= 11 is 6.24. The fraction of sp³-hybridized carbons (Fsp3) is 0.333. The second kappa shape index (κ2) is 8.61. The van der Waals surface area contributed by atoms with Crippen molar-refractivity contribution in [3.8, 4) is 23.0 Å². The number of likely N-dealkylation sites (tertiary alicyclic amines) is 1. The lowest BCUT2D eigenvalue weighted by Crippen LogP contribution is -2.28. The van der Waals surface area contributed by atoms with Crippen molar-refractivity contribution < 1.29 is 23.7 Å². The number of benzene rings is 2. The molecule has 0 atom stereocenters. The standard InChI is InChI=1S/C21H23ClNO5/c1-25-17-6-5-13(9-16(17)22)14-7-8-23(12-14)21(24)15-10-18(26-2)20(28-4)19(11-15)27-3/h5-6,9-11H,7-8,12H2,1-4H3. The first-order valence-electron chi connectivity index (χ1n) is 8.80. The summed E-state index contributed by atoms with van der Waals surface area (Å²) in [6, 6.07) is 9.03. The minimum absolute atomic E-state index is 0.0890. The Morgan fingerprint density at radius 1 is 0.929 bits per heavy atom. The van der Waals surface area contributed by atoms with Crippen LogP contribution < -0.4 is 18.9 Å². The van der Waals surface area contributed by atoms with Crippen molar-refractivity contribution in [3.63, 3.8) is 0 Å². The van der Waals surface area contributed by atoms with Crippen LogP contribution in [0.15, 0.2) is 30.3 Å². The van der Waals surface area contributed by atoms with E-state index in [2.05, 4.69) is 0 Å². The van der Waals surface area contributed by atoms with Gasteiger partial charge in [-0.2, -0.15) is 0 Å². The van der Waals surface area contributed by atoms with E-state index >= 15 is 0 Å². The van der Waals surface area contributed by atoms with Crippen LogP contribution in [-0.2, 0) is 0 Å². The molecule has 0 bridgehead atoms. The van der Waals surface area contributed by atoms with Crippen LogP contribution in [-0.4, -0.2) is 52.3 Å². The Hall–Kier alpha value is -2.60. The Labute approximate surface area is 169 Å². The number of hydrogen-bond donors (Lipinski definition) is 0. The van der Waals surface area contributed by atoms with Crippen LogP contribution in [0.1, 0.15) is 22.3 Å². The molecule has 2 aromatic carbocycles. The molecule has 3 rings (SSSR count). The second-order valence-corrected chi connectivity index (χ2v) is 6.75. The highest BCUT2D eigenvalue weighted by atomic mass is 35.5. The van der Waals surface area contributed by atoms with Crippen LogP contribution in [0.5, 0.6) is 23.0 Å².